The summed E-state index contributed by atoms with van der Waals surface area (Å²) in [6.45, 7) is 5.91. The number of hydrogen-bond acceptors (Lipinski definition) is 8. The van der Waals surface area contributed by atoms with Crippen LogP contribution < -0.4 is 14.8 Å². The molecule has 1 amide bonds. The van der Waals surface area contributed by atoms with E-state index in [0.29, 0.717) is 18.7 Å². The number of carbonyl (C=O) groups excluding carboxylic acids is 1. The van der Waals surface area contributed by atoms with Gasteiger partial charge < -0.3 is 14.8 Å². The quantitative estimate of drug-likeness (QED) is 0.407. The Bertz CT molecular complexity index is 1150. The lowest BCUT2D eigenvalue weighted by molar-refractivity contribution is -0.385. The fourth-order valence-corrected chi connectivity index (χ4v) is 4.85. The number of aromatic nitrogens is 2. The summed E-state index contributed by atoms with van der Waals surface area (Å²) in [5.41, 5.74) is 0.111. The number of amides is 1. The van der Waals surface area contributed by atoms with Crippen LogP contribution in [0.4, 0.5) is 5.69 Å². The van der Waals surface area contributed by atoms with Crippen LogP contribution in [0.1, 0.15) is 42.7 Å². The SMILES string of the molecule is Cc1c(C(=O)NC[C@@H]2CCCO2)nn(C)c1Oc1ccc([N+](=O)[O-])cc1S(=O)(=O)NC(C)C. The summed E-state index contributed by atoms with van der Waals surface area (Å²) >= 11 is 0. The monoisotopic (exact) mass is 481 g/mol. The Morgan fingerprint density at radius 2 is 2.15 bits per heavy atom. The Morgan fingerprint density at radius 3 is 2.76 bits per heavy atom. The van der Waals surface area contributed by atoms with E-state index < -0.39 is 37.5 Å². The third kappa shape index (κ3) is 5.67. The minimum Gasteiger partial charge on any atom is -0.438 e. The largest absolute Gasteiger partial charge is 0.438 e. The van der Waals surface area contributed by atoms with Crippen LogP contribution in [0.15, 0.2) is 23.1 Å². The maximum absolute atomic E-state index is 12.8. The Morgan fingerprint density at radius 1 is 1.42 bits per heavy atom. The molecule has 0 unspecified atom stereocenters. The van der Waals surface area contributed by atoms with Gasteiger partial charge in [0.2, 0.25) is 15.9 Å². The normalized spacial score (nSPS) is 16.2. The average Bonchev–Trinajstić information content (AvgIpc) is 3.35. The molecular formula is C20H27N5O7S. The molecule has 1 atom stereocenters. The van der Waals surface area contributed by atoms with E-state index in [2.05, 4.69) is 15.1 Å². The maximum atomic E-state index is 12.8. The van der Waals surface area contributed by atoms with E-state index in [1.54, 1.807) is 27.8 Å². The Balaban J connectivity index is 1.91. The van der Waals surface area contributed by atoms with E-state index >= 15 is 0 Å². The molecule has 13 heteroatoms. The first kappa shape index (κ1) is 24.6. The molecule has 2 heterocycles. The van der Waals surface area contributed by atoms with Crippen molar-refractivity contribution in [1.82, 2.24) is 19.8 Å². The van der Waals surface area contributed by atoms with Crippen LogP contribution in [0.25, 0.3) is 0 Å². The van der Waals surface area contributed by atoms with Crippen LogP contribution in [0.2, 0.25) is 0 Å². The molecule has 2 aromatic rings. The number of aryl methyl sites for hydroxylation is 1. The number of benzene rings is 1. The Labute approximate surface area is 191 Å². The maximum Gasteiger partial charge on any atom is 0.272 e. The highest BCUT2D eigenvalue weighted by molar-refractivity contribution is 7.89. The molecule has 1 aromatic carbocycles. The van der Waals surface area contributed by atoms with Gasteiger partial charge in [0.05, 0.1) is 11.0 Å². The van der Waals surface area contributed by atoms with E-state index in [0.717, 1.165) is 25.0 Å². The molecule has 1 aliphatic heterocycles. The second-order valence-corrected chi connectivity index (χ2v) is 9.70. The highest BCUT2D eigenvalue weighted by Gasteiger charge is 2.27. The molecule has 33 heavy (non-hydrogen) atoms. The molecule has 0 spiro atoms. The topological polar surface area (TPSA) is 155 Å². The summed E-state index contributed by atoms with van der Waals surface area (Å²) < 4.78 is 40.7. The molecule has 0 aliphatic carbocycles. The molecule has 0 saturated carbocycles. The number of ether oxygens (including phenoxy) is 2. The van der Waals surface area contributed by atoms with Crippen LogP contribution in [0.5, 0.6) is 11.6 Å². The summed E-state index contributed by atoms with van der Waals surface area (Å²) in [7, 11) is -2.58. The Hall–Kier alpha value is -3.03. The van der Waals surface area contributed by atoms with E-state index in [4.69, 9.17) is 9.47 Å². The molecule has 2 N–H and O–H groups in total. The van der Waals surface area contributed by atoms with Crippen LogP contribution in [0.3, 0.4) is 0 Å². The van der Waals surface area contributed by atoms with Crippen molar-refractivity contribution in [3.8, 4) is 11.6 Å². The van der Waals surface area contributed by atoms with E-state index in [1.165, 1.54) is 10.7 Å². The molecular weight excluding hydrogens is 454 g/mol. The minimum absolute atomic E-state index is 0.0324. The zero-order valence-corrected chi connectivity index (χ0v) is 19.6. The molecule has 1 fully saturated rings. The van der Waals surface area contributed by atoms with Crippen molar-refractivity contribution in [3.05, 3.63) is 39.6 Å². The first-order chi connectivity index (χ1) is 15.5. The zero-order chi connectivity index (χ0) is 24.3. The van der Waals surface area contributed by atoms with Gasteiger partial charge >= 0.3 is 0 Å². The summed E-state index contributed by atoms with van der Waals surface area (Å²) in [5, 5.41) is 18.2. The number of carbonyl (C=O) groups is 1. The van der Waals surface area contributed by atoms with Gasteiger partial charge in [-0.15, -0.1) is 0 Å². The third-order valence-corrected chi connectivity index (χ3v) is 6.65. The lowest BCUT2D eigenvalue weighted by Crippen LogP contribution is -2.32. The van der Waals surface area contributed by atoms with Gasteiger partial charge in [0, 0.05) is 43.9 Å². The van der Waals surface area contributed by atoms with E-state index in [-0.39, 0.29) is 23.4 Å². The Kier molecular flexibility index (Phi) is 7.34. The van der Waals surface area contributed by atoms with Crippen molar-refractivity contribution in [2.45, 2.75) is 50.7 Å². The van der Waals surface area contributed by atoms with Crippen LogP contribution in [-0.2, 0) is 21.8 Å². The van der Waals surface area contributed by atoms with Crippen LogP contribution in [-0.4, -0.2) is 54.3 Å². The standard InChI is InChI=1S/C20H27N5O7S/c1-12(2)23-33(29,30)17-10-14(25(27)28)7-8-16(17)32-20-13(3)18(22-24(20)4)19(26)21-11-15-6-5-9-31-15/h7-8,10,12,15,23H,5-6,9,11H2,1-4H3,(H,21,26)/t15-/m0/s1. The zero-order valence-electron chi connectivity index (χ0n) is 18.8. The average molecular weight is 482 g/mol. The van der Waals surface area contributed by atoms with Crippen LogP contribution >= 0.6 is 0 Å². The lowest BCUT2D eigenvalue weighted by Gasteiger charge is -2.14. The number of nitro groups is 1. The number of rotatable bonds is 9. The minimum atomic E-state index is -4.12. The van der Waals surface area contributed by atoms with Crippen molar-refractivity contribution in [1.29, 1.82) is 0 Å². The second-order valence-electron chi connectivity index (χ2n) is 8.01. The molecule has 1 saturated heterocycles. The summed E-state index contributed by atoms with van der Waals surface area (Å²) in [6, 6.07) is 2.84. The first-order valence-corrected chi connectivity index (χ1v) is 11.9. The summed E-state index contributed by atoms with van der Waals surface area (Å²) in [5.74, 6) is -0.412. The third-order valence-electron chi connectivity index (χ3n) is 4.97. The van der Waals surface area contributed by atoms with Crippen molar-refractivity contribution in [3.63, 3.8) is 0 Å². The van der Waals surface area contributed by atoms with Gasteiger partial charge in [0.15, 0.2) is 5.69 Å². The van der Waals surface area contributed by atoms with Crippen molar-refractivity contribution >= 4 is 21.6 Å². The molecule has 0 radical (unpaired) electrons. The molecule has 180 valence electrons. The number of sulfonamides is 1. The van der Waals surface area contributed by atoms with Gasteiger partial charge in [0.25, 0.3) is 11.6 Å². The number of hydrogen-bond donors (Lipinski definition) is 2. The highest BCUT2D eigenvalue weighted by atomic mass is 32.2. The van der Waals surface area contributed by atoms with Gasteiger partial charge in [-0.1, -0.05) is 0 Å². The first-order valence-electron chi connectivity index (χ1n) is 10.4. The van der Waals surface area contributed by atoms with Gasteiger partial charge in [-0.05, 0) is 39.7 Å². The number of nitro benzene ring substituents is 1. The van der Waals surface area contributed by atoms with Crippen LogP contribution in [0, 0.1) is 17.0 Å². The fourth-order valence-electron chi connectivity index (χ4n) is 3.45. The van der Waals surface area contributed by atoms with Crippen molar-refractivity contribution in [2.24, 2.45) is 7.05 Å². The summed E-state index contributed by atoms with van der Waals surface area (Å²) in [4.78, 5) is 22.7. The molecule has 3 rings (SSSR count). The molecule has 12 nitrogen and oxygen atoms in total. The molecule has 1 aromatic heterocycles. The van der Waals surface area contributed by atoms with Gasteiger partial charge in [-0.2, -0.15) is 5.10 Å². The van der Waals surface area contributed by atoms with E-state index in [9.17, 15) is 23.3 Å². The highest BCUT2D eigenvalue weighted by Crippen LogP contribution is 2.34. The smallest absolute Gasteiger partial charge is 0.272 e. The number of nitrogens with one attached hydrogen (secondary N) is 2. The molecule has 1 aliphatic rings. The van der Waals surface area contributed by atoms with E-state index in [1.807, 2.05) is 0 Å². The lowest BCUT2D eigenvalue weighted by atomic mass is 10.2. The summed E-state index contributed by atoms with van der Waals surface area (Å²) in [6.07, 6.45) is 1.79. The number of non-ortho nitro benzene ring substituents is 1. The predicted molar refractivity (Wildman–Crippen MR) is 118 cm³/mol. The second kappa shape index (κ2) is 9.85. The van der Waals surface area contributed by atoms with Crippen molar-refractivity contribution < 1.29 is 27.6 Å². The van der Waals surface area contributed by atoms with Crippen molar-refractivity contribution in [2.75, 3.05) is 13.2 Å². The predicted octanol–water partition coefficient (Wildman–Crippen LogP) is 2.02. The van der Waals surface area contributed by atoms with Gasteiger partial charge in [-0.3, -0.25) is 14.9 Å². The van der Waals surface area contributed by atoms with Gasteiger partial charge in [0.1, 0.15) is 10.6 Å². The fraction of sp³-hybridized carbons (Fsp3) is 0.500. The van der Waals surface area contributed by atoms with Gasteiger partial charge in [-0.25, -0.2) is 17.8 Å². The number of nitrogens with zero attached hydrogens (tertiary/aromatic N) is 3. The molecule has 0 bridgehead atoms.